The van der Waals surface area contributed by atoms with Crippen LogP contribution in [0.2, 0.25) is 0 Å². The third-order valence-electron chi connectivity index (χ3n) is 3.56. The van der Waals surface area contributed by atoms with Crippen LogP contribution < -0.4 is 5.73 Å². The third kappa shape index (κ3) is 4.48. The number of hydrogen-bond donors (Lipinski definition) is 1. The van der Waals surface area contributed by atoms with E-state index in [9.17, 15) is 18.0 Å². The molecule has 106 valence electrons. The SMILES string of the molecule is CC(CN)CCC(=O)N1CCC(C(F)(F)F)CC1. The summed E-state index contributed by atoms with van der Waals surface area (Å²) >= 11 is 0. The summed E-state index contributed by atoms with van der Waals surface area (Å²) in [7, 11) is 0. The Hall–Kier alpha value is -0.780. The molecule has 1 saturated heterocycles. The molecular weight excluding hydrogens is 245 g/mol. The molecule has 1 atom stereocenters. The minimum Gasteiger partial charge on any atom is -0.343 e. The van der Waals surface area contributed by atoms with Gasteiger partial charge in [-0.3, -0.25) is 4.79 Å². The van der Waals surface area contributed by atoms with Gasteiger partial charge in [-0.15, -0.1) is 0 Å². The monoisotopic (exact) mass is 266 g/mol. The van der Waals surface area contributed by atoms with Gasteiger partial charge in [-0.1, -0.05) is 6.92 Å². The molecule has 6 heteroatoms. The van der Waals surface area contributed by atoms with E-state index in [0.29, 0.717) is 19.4 Å². The fraction of sp³-hybridized carbons (Fsp3) is 0.917. The van der Waals surface area contributed by atoms with Gasteiger partial charge in [0.15, 0.2) is 0 Å². The summed E-state index contributed by atoms with van der Waals surface area (Å²) in [6.45, 7) is 2.94. The van der Waals surface area contributed by atoms with E-state index in [2.05, 4.69) is 0 Å². The van der Waals surface area contributed by atoms with Crippen LogP contribution in [0.25, 0.3) is 0 Å². The second-order valence-corrected chi connectivity index (χ2v) is 5.08. The van der Waals surface area contributed by atoms with Crippen LogP contribution in [0.5, 0.6) is 0 Å². The smallest absolute Gasteiger partial charge is 0.343 e. The Balaban J connectivity index is 2.32. The molecule has 1 heterocycles. The Kier molecular flexibility index (Phi) is 5.44. The molecule has 0 aromatic rings. The average Bonchev–Trinajstić information content (AvgIpc) is 2.34. The van der Waals surface area contributed by atoms with Crippen LogP contribution in [-0.4, -0.2) is 36.6 Å². The minimum absolute atomic E-state index is 0.0294. The average molecular weight is 266 g/mol. The van der Waals surface area contributed by atoms with E-state index in [1.54, 1.807) is 4.90 Å². The van der Waals surface area contributed by atoms with Crippen LogP contribution in [0.1, 0.15) is 32.6 Å². The first-order valence-corrected chi connectivity index (χ1v) is 6.39. The van der Waals surface area contributed by atoms with Gasteiger partial charge in [0, 0.05) is 19.5 Å². The maximum Gasteiger partial charge on any atom is 0.391 e. The van der Waals surface area contributed by atoms with Crippen molar-refractivity contribution < 1.29 is 18.0 Å². The number of piperidine rings is 1. The molecule has 0 radical (unpaired) electrons. The molecule has 3 nitrogen and oxygen atoms in total. The quantitative estimate of drug-likeness (QED) is 0.847. The molecule has 1 amide bonds. The van der Waals surface area contributed by atoms with E-state index in [4.69, 9.17) is 5.73 Å². The number of likely N-dealkylation sites (tertiary alicyclic amines) is 1. The van der Waals surface area contributed by atoms with Crippen molar-refractivity contribution in [3.63, 3.8) is 0 Å². The number of halogens is 3. The van der Waals surface area contributed by atoms with Crippen molar-refractivity contribution >= 4 is 5.91 Å². The first-order chi connectivity index (χ1) is 8.34. The first kappa shape index (κ1) is 15.3. The van der Waals surface area contributed by atoms with Crippen LogP contribution in [0.3, 0.4) is 0 Å². The van der Waals surface area contributed by atoms with Crippen LogP contribution in [0.15, 0.2) is 0 Å². The molecule has 0 aromatic carbocycles. The molecule has 1 rings (SSSR count). The van der Waals surface area contributed by atoms with Crippen molar-refractivity contribution in [1.29, 1.82) is 0 Å². The maximum atomic E-state index is 12.5. The highest BCUT2D eigenvalue weighted by atomic mass is 19.4. The Bertz CT molecular complexity index is 273. The van der Waals surface area contributed by atoms with Crippen LogP contribution in [-0.2, 0) is 4.79 Å². The molecule has 18 heavy (non-hydrogen) atoms. The van der Waals surface area contributed by atoms with Crippen molar-refractivity contribution in [1.82, 2.24) is 4.90 Å². The molecule has 1 unspecified atom stereocenters. The number of carbonyl (C=O) groups is 1. The summed E-state index contributed by atoms with van der Waals surface area (Å²) in [5.74, 6) is -1.01. The van der Waals surface area contributed by atoms with Gasteiger partial charge < -0.3 is 10.6 Å². The molecule has 1 aliphatic rings. The number of alkyl halides is 3. The fourth-order valence-corrected chi connectivity index (χ4v) is 2.10. The van der Waals surface area contributed by atoms with Gasteiger partial charge >= 0.3 is 6.18 Å². The summed E-state index contributed by atoms with van der Waals surface area (Å²) in [6.07, 6.45) is -2.98. The first-order valence-electron chi connectivity index (χ1n) is 6.39. The second-order valence-electron chi connectivity index (χ2n) is 5.08. The van der Waals surface area contributed by atoms with Gasteiger partial charge in [0.05, 0.1) is 5.92 Å². The lowest BCUT2D eigenvalue weighted by Gasteiger charge is -2.33. The molecule has 1 aliphatic heterocycles. The van der Waals surface area contributed by atoms with E-state index in [1.807, 2.05) is 6.92 Å². The molecule has 1 fully saturated rings. The van der Waals surface area contributed by atoms with E-state index < -0.39 is 12.1 Å². The highest BCUT2D eigenvalue weighted by Crippen LogP contribution is 2.34. The van der Waals surface area contributed by atoms with Gasteiger partial charge in [-0.2, -0.15) is 13.2 Å². The predicted octanol–water partition coefficient (Wildman–Crippen LogP) is 2.16. The van der Waals surface area contributed by atoms with Crippen molar-refractivity contribution in [2.75, 3.05) is 19.6 Å². The van der Waals surface area contributed by atoms with Gasteiger partial charge in [-0.25, -0.2) is 0 Å². The molecule has 0 bridgehead atoms. The summed E-state index contributed by atoms with van der Waals surface area (Å²) in [6, 6.07) is 0. The molecule has 2 N–H and O–H groups in total. The molecule has 0 spiro atoms. The van der Waals surface area contributed by atoms with Crippen molar-refractivity contribution in [2.45, 2.75) is 38.8 Å². The lowest BCUT2D eigenvalue weighted by atomic mass is 9.95. The van der Waals surface area contributed by atoms with Gasteiger partial charge in [0.2, 0.25) is 5.91 Å². The van der Waals surface area contributed by atoms with Crippen molar-refractivity contribution in [2.24, 2.45) is 17.6 Å². The zero-order chi connectivity index (χ0) is 13.8. The standard InChI is InChI=1S/C12H21F3N2O/c1-9(8-16)2-3-11(18)17-6-4-10(5-7-17)12(13,14)15/h9-10H,2-8,16H2,1H3. The number of nitrogens with zero attached hydrogens (tertiary/aromatic N) is 1. The Morgan fingerprint density at radius 2 is 1.94 bits per heavy atom. The molecule has 0 saturated carbocycles. The third-order valence-corrected chi connectivity index (χ3v) is 3.56. The highest BCUT2D eigenvalue weighted by Gasteiger charge is 2.41. The van der Waals surface area contributed by atoms with Gasteiger partial charge in [-0.05, 0) is 31.7 Å². The Morgan fingerprint density at radius 1 is 1.39 bits per heavy atom. The second kappa shape index (κ2) is 6.41. The van der Waals surface area contributed by atoms with E-state index >= 15 is 0 Å². The summed E-state index contributed by atoms with van der Waals surface area (Å²) in [4.78, 5) is 13.3. The van der Waals surface area contributed by atoms with E-state index in [1.165, 1.54) is 0 Å². The number of amides is 1. The van der Waals surface area contributed by atoms with E-state index in [0.717, 1.165) is 0 Å². The van der Waals surface area contributed by atoms with E-state index in [-0.39, 0.29) is 37.8 Å². The van der Waals surface area contributed by atoms with Crippen molar-refractivity contribution in [3.05, 3.63) is 0 Å². The summed E-state index contributed by atoms with van der Waals surface area (Å²) < 4.78 is 37.4. The van der Waals surface area contributed by atoms with Crippen LogP contribution >= 0.6 is 0 Å². The molecule has 0 aromatic heterocycles. The van der Waals surface area contributed by atoms with Crippen LogP contribution in [0.4, 0.5) is 13.2 Å². The van der Waals surface area contributed by atoms with Gasteiger partial charge in [0.1, 0.15) is 0 Å². The number of rotatable bonds is 4. The summed E-state index contributed by atoms with van der Waals surface area (Å²) in [5, 5.41) is 0. The zero-order valence-electron chi connectivity index (χ0n) is 10.7. The Labute approximate surface area is 106 Å². The lowest BCUT2D eigenvalue weighted by Crippen LogP contribution is -2.42. The lowest BCUT2D eigenvalue weighted by molar-refractivity contribution is -0.186. The number of nitrogens with two attached hydrogens (primary N) is 1. The largest absolute Gasteiger partial charge is 0.391 e. The maximum absolute atomic E-state index is 12.5. The summed E-state index contributed by atoms with van der Waals surface area (Å²) in [5.41, 5.74) is 5.45. The fourth-order valence-electron chi connectivity index (χ4n) is 2.10. The molecular formula is C12H21F3N2O. The predicted molar refractivity (Wildman–Crippen MR) is 62.8 cm³/mol. The van der Waals surface area contributed by atoms with Gasteiger partial charge in [0.25, 0.3) is 0 Å². The number of carbonyl (C=O) groups excluding carboxylic acids is 1. The molecule has 0 aliphatic carbocycles. The minimum atomic E-state index is -4.12. The normalized spacial score (nSPS) is 19.9. The Morgan fingerprint density at radius 3 is 2.39 bits per heavy atom. The van der Waals surface area contributed by atoms with Crippen LogP contribution in [0, 0.1) is 11.8 Å². The number of hydrogen-bond acceptors (Lipinski definition) is 2. The topological polar surface area (TPSA) is 46.3 Å². The highest BCUT2D eigenvalue weighted by molar-refractivity contribution is 5.76. The zero-order valence-corrected chi connectivity index (χ0v) is 10.7. The van der Waals surface area contributed by atoms with Crippen molar-refractivity contribution in [3.8, 4) is 0 Å².